The maximum Gasteiger partial charge on any atom is 0.337 e. The van der Waals surface area contributed by atoms with Gasteiger partial charge in [-0.25, -0.2) is 4.79 Å². The van der Waals surface area contributed by atoms with Gasteiger partial charge in [0.1, 0.15) is 0 Å². The molecule has 0 amide bonds. The molecule has 0 atom stereocenters. The Kier molecular flexibility index (Phi) is 3.82. The lowest BCUT2D eigenvalue weighted by molar-refractivity contribution is -0.133. The summed E-state index contributed by atoms with van der Waals surface area (Å²) in [7, 11) is 3.29. The lowest BCUT2D eigenvalue weighted by atomic mass is 10.0. The van der Waals surface area contributed by atoms with Gasteiger partial charge >= 0.3 is 5.97 Å². The van der Waals surface area contributed by atoms with E-state index in [1.807, 2.05) is 13.9 Å². The molecular formula is C10H11BO2S2. The van der Waals surface area contributed by atoms with E-state index in [9.17, 15) is 4.79 Å². The molecule has 1 heterocycles. The average Bonchev–Trinajstić information content (AvgIpc) is 2.58. The Morgan fingerprint density at radius 2 is 2.20 bits per heavy atom. The van der Waals surface area contributed by atoms with Crippen LogP contribution in [0.15, 0.2) is 19.2 Å². The lowest BCUT2D eigenvalue weighted by Gasteiger charge is -2.04. The number of thiophene rings is 1. The van der Waals surface area contributed by atoms with Crippen LogP contribution in [0.4, 0.5) is 0 Å². The Bertz CT molecular complexity index is 435. The second-order valence-electron chi connectivity index (χ2n) is 3.02. The smallest absolute Gasteiger partial charge is 0.337 e. The number of carbonyl (C=O) groups is 1. The lowest BCUT2D eigenvalue weighted by Crippen LogP contribution is -2.03. The minimum absolute atomic E-state index is 0.340. The number of carbonyl (C=O) groups excluding carboxylic acids is 1. The quantitative estimate of drug-likeness (QED) is 0.369. The molecule has 1 aromatic heterocycles. The first kappa shape index (κ1) is 12.1. The van der Waals surface area contributed by atoms with Gasteiger partial charge in [0.05, 0.1) is 12.7 Å². The zero-order valence-electron chi connectivity index (χ0n) is 8.66. The molecule has 0 aliphatic heterocycles. The fraction of sp³-hybridized carbons (Fsp3) is 0.100. The van der Waals surface area contributed by atoms with Gasteiger partial charge < -0.3 is 4.74 Å². The van der Waals surface area contributed by atoms with Gasteiger partial charge in [-0.2, -0.15) is 0 Å². The topological polar surface area (TPSA) is 26.3 Å². The standard InChI is InChI=1S/C10H11BO2S2/c1-5(10(12)13-3)7-4-8(11)15-9(7)6(2)14/h4,14H,1-2,11H2,3H3. The Hall–Kier alpha value is -0.935. The summed E-state index contributed by atoms with van der Waals surface area (Å²) < 4.78 is 5.71. The molecule has 5 heteroatoms. The molecule has 0 fully saturated rings. The summed E-state index contributed by atoms with van der Waals surface area (Å²) in [4.78, 5) is 12.8. The van der Waals surface area contributed by atoms with E-state index in [-0.39, 0.29) is 0 Å². The third kappa shape index (κ3) is 2.55. The fourth-order valence-corrected chi connectivity index (χ4v) is 2.35. The number of hydrogen-bond acceptors (Lipinski definition) is 4. The summed E-state index contributed by atoms with van der Waals surface area (Å²) in [6, 6.07) is 1.89. The molecule has 0 aromatic carbocycles. The normalized spacial score (nSPS) is 9.73. The van der Waals surface area contributed by atoms with Crippen LogP contribution in [-0.2, 0) is 9.53 Å². The van der Waals surface area contributed by atoms with Crippen LogP contribution >= 0.6 is 24.0 Å². The van der Waals surface area contributed by atoms with Crippen LogP contribution in [0.3, 0.4) is 0 Å². The first-order chi connectivity index (χ1) is 6.97. The highest BCUT2D eigenvalue weighted by Gasteiger charge is 2.16. The third-order valence-electron chi connectivity index (χ3n) is 1.87. The van der Waals surface area contributed by atoms with E-state index in [0.29, 0.717) is 10.5 Å². The molecule has 0 saturated carbocycles. The summed E-state index contributed by atoms with van der Waals surface area (Å²) in [6.45, 7) is 7.46. The largest absolute Gasteiger partial charge is 0.465 e. The predicted octanol–water partition coefficient (Wildman–Crippen LogP) is 1.09. The van der Waals surface area contributed by atoms with Crippen molar-refractivity contribution in [1.82, 2.24) is 0 Å². The van der Waals surface area contributed by atoms with Gasteiger partial charge in [-0.3, -0.25) is 0 Å². The van der Waals surface area contributed by atoms with Gasteiger partial charge in [0.15, 0.2) is 7.85 Å². The van der Waals surface area contributed by atoms with Gasteiger partial charge in [0.25, 0.3) is 0 Å². The number of esters is 1. The van der Waals surface area contributed by atoms with Crippen molar-refractivity contribution >= 4 is 53.0 Å². The van der Waals surface area contributed by atoms with Gasteiger partial charge in [0.2, 0.25) is 0 Å². The van der Waals surface area contributed by atoms with Crippen molar-refractivity contribution in [2.24, 2.45) is 0 Å². The summed E-state index contributed by atoms with van der Waals surface area (Å²) in [5, 5.41) is 0. The van der Waals surface area contributed by atoms with Crippen LogP contribution in [0.2, 0.25) is 0 Å². The summed E-state index contributed by atoms with van der Waals surface area (Å²) >= 11 is 5.72. The van der Waals surface area contributed by atoms with Gasteiger partial charge in [-0.1, -0.05) is 13.2 Å². The molecular weight excluding hydrogens is 227 g/mol. The fourth-order valence-electron chi connectivity index (χ4n) is 1.19. The van der Waals surface area contributed by atoms with Crippen LogP contribution in [0.5, 0.6) is 0 Å². The molecule has 0 aliphatic rings. The molecule has 2 nitrogen and oxygen atoms in total. The first-order valence-corrected chi connectivity index (χ1v) is 5.50. The van der Waals surface area contributed by atoms with E-state index in [1.165, 1.54) is 18.4 Å². The second-order valence-corrected chi connectivity index (χ2v) is 4.81. The van der Waals surface area contributed by atoms with Crippen LogP contribution in [0.25, 0.3) is 10.5 Å². The van der Waals surface area contributed by atoms with Crippen LogP contribution in [-0.4, -0.2) is 20.9 Å². The molecule has 0 bridgehead atoms. The first-order valence-electron chi connectivity index (χ1n) is 4.23. The molecule has 1 rings (SSSR count). The van der Waals surface area contributed by atoms with Crippen molar-refractivity contribution < 1.29 is 9.53 Å². The Morgan fingerprint density at radius 1 is 1.60 bits per heavy atom. The van der Waals surface area contributed by atoms with Crippen molar-refractivity contribution in [3.05, 3.63) is 29.7 Å². The van der Waals surface area contributed by atoms with E-state index in [4.69, 9.17) is 0 Å². The minimum Gasteiger partial charge on any atom is -0.465 e. The van der Waals surface area contributed by atoms with Crippen molar-refractivity contribution in [1.29, 1.82) is 0 Å². The predicted molar refractivity (Wildman–Crippen MR) is 71.6 cm³/mol. The maximum atomic E-state index is 11.3. The second kappa shape index (κ2) is 4.72. The summed E-state index contributed by atoms with van der Waals surface area (Å²) in [5.74, 6) is -0.427. The van der Waals surface area contributed by atoms with Crippen LogP contribution in [0, 0.1) is 0 Å². The molecule has 0 spiro atoms. The van der Waals surface area contributed by atoms with Gasteiger partial charge in [-0.05, 0) is 10.8 Å². The molecule has 0 N–H and O–H groups in total. The van der Waals surface area contributed by atoms with Crippen molar-refractivity contribution in [3.63, 3.8) is 0 Å². The number of rotatable bonds is 3. The number of hydrogen-bond donors (Lipinski definition) is 1. The zero-order chi connectivity index (χ0) is 11.6. The summed E-state index contributed by atoms with van der Waals surface area (Å²) in [5.41, 5.74) is 1.09. The van der Waals surface area contributed by atoms with E-state index >= 15 is 0 Å². The van der Waals surface area contributed by atoms with E-state index in [1.54, 1.807) is 0 Å². The van der Waals surface area contributed by atoms with Crippen molar-refractivity contribution in [2.75, 3.05) is 7.11 Å². The Balaban J connectivity index is 3.19. The zero-order valence-corrected chi connectivity index (χ0v) is 10.4. The van der Waals surface area contributed by atoms with Crippen molar-refractivity contribution in [3.8, 4) is 0 Å². The number of thiol groups is 1. The summed E-state index contributed by atoms with van der Waals surface area (Å²) in [6.07, 6.45) is 0. The minimum atomic E-state index is -0.427. The molecule has 78 valence electrons. The van der Waals surface area contributed by atoms with Crippen LogP contribution in [0.1, 0.15) is 10.4 Å². The number of ether oxygens (including phenoxy) is 1. The van der Waals surface area contributed by atoms with Crippen LogP contribution < -0.4 is 4.78 Å². The molecule has 1 aromatic rings. The highest BCUT2D eigenvalue weighted by atomic mass is 32.1. The maximum absolute atomic E-state index is 11.3. The van der Waals surface area contributed by atoms with E-state index in [0.717, 1.165) is 15.2 Å². The Morgan fingerprint density at radius 3 is 2.67 bits per heavy atom. The molecule has 0 radical (unpaired) electrons. The highest BCUT2D eigenvalue weighted by Crippen LogP contribution is 2.29. The molecule has 0 saturated heterocycles. The average molecular weight is 238 g/mol. The van der Waals surface area contributed by atoms with Crippen molar-refractivity contribution in [2.45, 2.75) is 0 Å². The molecule has 0 aliphatic carbocycles. The van der Waals surface area contributed by atoms with E-state index in [2.05, 4.69) is 30.5 Å². The highest BCUT2D eigenvalue weighted by molar-refractivity contribution is 7.90. The third-order valence-corrected chi connectivity index (χ3v) is 3.36. The number of methoxy groups -OCH3 is 1. The monoisotopic (exact) mass is 238 g/mol. The molecule has 0 unspecified atom stereocenters. The van der Waals surface area contributed by atoms with E-state index < -0.39 is 5.97 Å². The Labute approximate surface area is 99.5 Å². The van der Waals surface area contributed by atoms with Gasteiger partial charge in [0, 0.05) is 15.3 Å². The van der Waals surface area contributed by atoms with Gasteiger partial charge in [-0.15, -0.1) is 24.0 Å². The molecule has 15 heavy (non-hydrogen) atoms. The SMILES string of the molecule is Bc1cc(C(=C)C(=O)OC)c(C(=C)S)s1.